The summed E-state index contributed by atoms with van der Waals surface area (Å²) in [5.74, 6) is 0.890. The third-order valence-electron chi connectivity index (χ3n) is 3.85. The molecular formula is C18H29NO4. The summed E-state index contributed by atoms with van der Waals surface area (Å²) in [5, 5.41) is 10.1. The zero-order valence-electron chi connectivity index (χ0n) is 14.2. The van der Waals surface area contributed by atoms with Gasteiger partial charge in [-0.25, -0.2) is 0 Å². The van der Waals surface area contributed by atoms with Crippen molar-refractivity contribution in [1.82, 2.24) is 4.90 Å². The van der Waals surface area contributed by atoms with Gasteiger partial charge in [0.05, 0.1) is 32.0 Å². The van der Waals surface area contributed by atoms with Gasteiger partial charge in [0.2, 0.25) is 0 Å². The first kappa shape index (κ1) is 18.2. The van der Waals surface area contributed by atoms with Crippen molar-refractivity contribution in [3.8, 4) is 5.75 Å². The highest BCUT2D eigenvalue weighted by Crippen LogP contribution is 2.14. The molecule has 0 saturated carbocycles. The molecule has 0 spiro atoms. The second-order valence-corrected chi connectivity index (χ2v) is 6.10. The number of aliphatic hydroxyl groups is 1. The minimum atomic E-state index is -0.482. The number of ether oxygens (including phenoxy) is 3. The molecule has 0 aliphatic carbocycles. The average molecular weight is 323 g/mol. The van der Waals surface area contributed by atoms with Crippen LogP contribution < -0.4 is 4.74 Å². The van der Waals surface area contributed by atoms with Crippen molar-refractivity contribution in [2.75, 3.05) is 40.0 Å². The van der Waals surface area contributed by atoms with Crippen LogP contribution in [0.1, 0.15) is 25.3 Å². The van der Waals surface area contributed by atoms with Crippen molar-refractivity contribution in [1.29, 1.82) is 0 Å². The molecule has 2 rings (SSSR count). The van der Waals surface area contributed by atoms with Crippen molar-refractivity contribution >= 4 is 0 Å². The Morgan fingerprint density at radius 2 is 2.13 bits per heavy atom. The second kappa shape index (κ2) is 9.88. The van der Waals surface area contributed by atoms with E-state index in [-0.39, 0.29) is 6.10 Å². The van der Waals surface area contributed by atoms with Crippen LogP contribution in [0.5, 0.6) is 5.75 Å². The van der Waals surface area contributed by atoms with Crippen LogP contribution in [-0.2, 0) is 16.0 Å². The lowest BCUT2D eigenvalue weighted by Gasteiger charge is -2.21. The molecule has 1 aliphatic heterocycles. The molecule has 1 aliphatic rings. The highest BCUT2D eigenvalue weighted by molar-refractivity contribution is 5.27. The largest absolute Gasteiger partial charge is 0.494 e. The van der Waals surface area contributed by atoms with E-state index < -0.39 is 6.10 Å². The maximum atomic E-state index is 10.1. The first-order chi connectivity index (χ1) is 11.2. The molecule has 23 heavy (non-hydrogen) atoms. The van der Waals surface area contributed by atoms with E-state index in [0.717, 1.165) is 31.7 Å². The molecule has 2 atom stereocenters. The SMILES string of the molecule is CCOc1ccc(CN(C)CC(O)COCC2CCCO2)cc1. The van der Waals surface area contributed by atoms with Crippen molar-refractivity contribution in [3.05, 3.63) is 29.8 Å². The predicted octanol–water partition coefficient (Wildman–Crippen LogP) is 2.07. The van der Waals surface area contributed by atoms with Gasteiger partial charge < -0.3 is 19.3 Å². The minimum absolute atomic E-state index is 0.212. The lowest BCUT2D eigenvalue weighted by Crippen LogP contribution is -2.32. The zero-order valence-corrected chi connectivity index (χ0v) is 14.2. The first-order valence-corrected chi connectivity index (χ1v) is 8.45. The van der Waals surface area contributed by atoms with Crippen LogP contribution in [0.2, 0.25) is 0 Å². The van der Waals surface area contributed by atoms with Gasteiger partial charge in [0, 0.05) is 19.7 Å². The highest BCUT2D eigenvalue weighted by atomic mass is 16.5. The average Bonchev–Trinajstić information content (AvgIpc) is 3.03. The fourth-order valence-electron chi connectivity index (χ4n) is 2.76. The molecule has 1 aromatic carbocycles. The maximum absolute atomic E-state index is 10.1. The number of likely N-dealkylation sites (N-methyl/N-ethyl adjacent to an activating group) is 1. The van der Waals surface area contributed by atoms with Crippen LogP contribution >= 0.6 is 0 Å². The standard InChI is InChI=1S/C18H29NO4/c1-3-22-17-8-6-15(7-9-17)11-19(2)12-16(20)13-21-14-18-5-4-10-23-18/h6-9,16,18,20H,3-5,10-14H2,1-2H3. The molecule has 0 radical (unpaired) electrons. The Morgan fingerprint density at radius 3 is 2.78 bits per heavy atom. The van der Waals surface area contributed by atoms with E-state index in [1.807, 2.05) is 26.1 Å². The third kappa shape index (κ3) is 6.87. The molecule has 1 saturated heterocycles. The Morgan fingerprint density at radius 1 is 1.35 bits per heavy atom. The summed E-state index contributed by atoms with van der Waals surface area (Å²) in [4.78, 5) is 2.09. The smallest absolute Gasteiger partial charge is 0.119 e. The monoisotopic (exact) mass is 323 g/mol. The van der Waals surface area contributed by atoms with Crippen molar-refractivity contribution < 1.29 is 19.3 Å². The van der Waals surface area contributed by atoms with Gasteiger partial charge in [-0.1, -0.05) is 12.1 Å². The molecule has 5 nitrogen and oxygen atoms in total. The lowest BCUT2D eigenvalue weighted by molar-refractivity contribution is -0.0238. The summed E-state index contributed by atoms with van der Waals surface area (Å²) in [5.41, 5.74) is 1.20. The van der Waals surface area contributed by atoms with Crippen molar-refractivity contribution in [2.24, 2.45) is 0 Å². The molecule has 130 valence electrons. The number of benzene rings is 1. The summed E-state index contributed by atoms with van der Waals surface area (Å²) in [6, 6.07) is 8.07. The lowest BCUT2D eigenvalue weighted by atomic mass is 10.2. The van der Waals surface area contributed by atoms with Gasteiger partial charge >= 0.3 is 0 Å². The van der Waals surface area contributed by atoms with Gasteiger partial charge in [-0.15, -0.1) is 0 Å². The Balaban J connectivity index is 1.63. The van der Waals surface area contributed by atoms with Crippen LogP contribution in [-0.4, -0.2) is 62.2 Å². The summed E-state index contributed by atoms with van der Waals surface area (Å²) >= 11 is 0. The van der Waals surface area contributed by atoms with Gasteiger partial charge in [-0.2, -0.15) is 0 Å². The van der Waals surface area contributed by atoms with Crippen LogP contribution in [0.3, 0.4) is 0 Å². The molecule has 5 heteroatoms. The maximum Gasteiger partial charge on any atom is 0.119 e. The number of hydrogen-bond acceptors (Lipinski definition) is 5. The third-order valence-corrected chi connectivity index (χ3v) is 3.85. The second-order valence-electron chi connectivity index (χ2n) is 6.10. The highest BCUT2D eigenvalue weighted by Gasteiger charge is 2.16. The summed E-state index contributed by atoms with van der Waals surface area (Å²) in [6.07, 6.45) is 1.91. The number of hydrogen-bond donors (Lipinski definition) is 1. The summed E-state index contributed by atoms with van der Waals surface area (Å²) < 4.78 is 16.5. The molecule has 0 bridgehead atoms. The fraction of sp³-hybridized carbons (Fsp3) is 0.667. The Hall–Kier alpha value is -1.14. The number of rotatable bonds is 10. The van der Waals surface area contributed by atoms with E-state index in [0.29, 0.717) is 26.4 Å². The molecule has 1 aromatic rings. The summed E-state index contributed by atoms with van der Waals surface area (Å²) in [7, 11) is 2.00. The van der Waals surface area contributed by atoms with E-state index in [9.17, 15) is 5.11 Å². The Kier molecular flexibility index (Phi) is 7.82. The van der Waals surface area contributed by atoms with Gasteiger partial charge in [-0.3, -0.25) is 4.90 Å². The van der Waals surface area contributed by atoms with E-state index >= 15 is 0 Å². The zero-order chi connectivity index (χ0) is 16.5. The van der Waals surface area contributed by atoms with Crippen molar-refractivity contribution in [3.63, 3.8) is 0 Å². The molecule has 0 aromatic heterocycles. The van der Waals surface area contributed by atoms with Gasteiger partial charge in [0.15, 0.2) is 0 Å². The molecular weight excluding hydrogens is 294 g/mol. The normalized spacial score (nSPS) is 19.2. The summed E-state index contributed by atoms with van der Waals surface area (Å²) in [6.45, 7) is 5.80. The Labute approximate surface area is 139 Å². The number of aliphatic hydroxyl groups excluding tert-OH is 1. The van der Waals surface area contributed by atoms with Crippen LogP contribution in [0, 0.1) is 0 Å². The van der Waals surface area contributed by atoms with Gasteiger partial charge in [0.1, 0.15) is 5.75 Å². The van der Waals surface area contributed by atoms with Crippen LogP contribution in [0.15, 0.2) is 24.3 Å². The van der Waals surface area contributed by atoms with E-state index in [1.165, 1.54) is 5.56 Å². The van der Waals surface area contributed by atoms with Crippen molar-refractivity contribution in [2.45, 2.75) is 38.5 Å². The van der Waals surface area contributed by atoms with Crippen LogP contribution in [0.4, 0.5) is 0 Å². The molecule has 2 unspecified atom stereocenters. The molecule has 1 N–H and O–H groups in total. The van der Waals surface area contributed by atoms with Gasteiger partial charge in [-0.05, 0) is 44.5 Å². The minimum Gasteiger partial charge on any atom is -0.494 e. The predicted molar refractivity (Wildman–Crippen MR) is 89.7 cm³/mol. The number of nitrogens with zero attached hydrogens (tertiary/aromatic N) is 1. The Bertz CT molecular complexity index is 431. The molecule has 0 amide bonds. The molecule has 1 fully saturated rings. The van der Waals surface area contributed by atoms with E-state index in [4.69, 9.17) is 14.2 Å². The van der Waals surface area contributed by atoms with Gasteiger partial charge in [0.25, 0.3) is 0 Å². The van der Waals surface area contributed by atoms with Crippen LogP contribution in [0.25, 0.3) is 0 Å². The molecule has 1 heterocycles. The fourth-order valence-corrected chi connectivity index (χ4v) is 2.76. The van der Waals surface area contributed by atoms with E-state index in [2.05, 4.69) is 17.0 Å². The quantitative estimate of drug-likeness (QED) is 0.714. The first-order valence-electron chi connectivity index (χ1n) is 8.45. The topological polar surface area (TPSA) is 51.2 Å². The van der Waals surface area contributed by atoms with E-state index in [1.54, 1.807) is 0 Å².